The zero-order valence-corrected chi connectivity index (χ0v) is 9.98. The van der Waals surface area contributed by atoms with Crippen molar-refractivity contribution in [3.8, 4) is 0 Å². The van der Waals surface area contributed by atoms with E-state index in [0.717, 1.165) is 0 Å². The highest BCUT2D eigenvalue weighted by Crippen LogP contribution is 2.18. The second-order valence-electron chi connectivity index (χ2n) is 3.58. The Morgan fingerprint density at radius 1 is 1.27 bits per heavy atom. The van der Waals surface area contributed by atoms with Crippen molar-refractivity contribution in [2.75, 3.05) is 24.6 Å². The van der Waals surface area contributed by atoms with Crippen molar-refractivity contribution in [3.63, 3.8) is 0 Å². The molecule has 1 heterocycles. The Kier molecular flexibility index (Phi) is 4.10. The van der Waals surface area contributed by atoms with Gasteiger partial charge in [0, 0.05) is 13.1 Å². The van der Waals surface area contributed by atoms with Crippen LogP contribution >= 0.6 is 0 Å². The third-order valence-corrected chi connectivity index (χ3v) is 6.06. The Hall–Kier alpha value is -0.180. The first-order valence-electron chi connectivity index (χ1n) is 4.76. The molecule has 0 aliphatic carbocycles. The van der Waals surface area contributed by atoms with E-state index in [1.807, 2.05) is 0 Å². The monoisotopic (exact) mass is 256 g/mol. The normalized spacial score (nSPS) is 22.7. The lowest BCUT2D eigenvalue weighted by atomic mass is 10.2. The highest BCUT2D eigenvalue weighted by molar-refractivity contribution is 7.92. The topological polar surface area (TPSA) is 106 Å². The molecule has 0 atom stereocenters. The molecule has 0 aromatic heterocycles. The fraction of sp³-hybridized carbons (Fsp3) is 1.00. The van der Waals surface area contributed by atoms with Gasteiger partial charge in [0.2, 0.25) is 10.0 Å². The Morgan fingerprint density at radius 3 is 2.27 bits per heavy atom. The zero-order chi connectivity index (χ0) is 11.5. The van der Waals surface area contributed by atoms with E-state index >= 15 is 0 Å². The second-order valence-corrected chi connectivity index (χ2v) is 7.93. The maximum atomic E-state index is 11.6. The second kappa shape index (κ2) is 4.77. The fourth-order valence-corrected chi connectivity index (χ4v) is 4.78. The van der Waals surface area contributed by atoms with E-state index in [1.165, 1.54) is 0 Å². The third kappa shape index (κ3) is 3.71. The van der Waals surface area contributed by atoms with E-state index in [2.05, 4.69) is 4.72 Å². The Balaban J connectivity index is 2.60. The first kappa shape index (κ1) is 12.9. The highest BCUT2D eigenvalue weighted by Gasteiger charge is 2.32. The summed E-state index contributed by atoms with van der Waals surface area (Å²) in [6.07, 6.45) is 0.366. The van der Waals surface area contributed by atoms with E-state index in [0.29, 0.717) is 0 Å². The molecule has 0 amide bonds. The molecule has 15 heavy (non-hydrogen) atoms. The van der Waals surface area contributed by atoms with Crippen molar-refractivity contribution in [2.45, 2.75) is 18.1 Å². The molecule has 0 aromatic rings. The average Bonchev–Trinajstić information content (AvgIpc) is 2.14. The zero-order valence-electron chi connectivity index (χ0n) is 8.35. The summed E-state index contributed by atoms with van der Waals surface area (Å²) in [4.78, 5) is 0. The van der Waals surface area contributed by atoms with Gasteiger partial charge in [0.1, 0.15) is 9.84 Å². The van der Waals surface area contributed by atoms with Crippen LogP contribution in [0.1, 0.15) is 12.8 Å². The molecule has 6 nitrogen and oxygen atoms in total. The Labute approximate surface area is 90.2 Å². The minimum atomic E-state index is -3.39. The molecule has 1 fully saturated rings. The summed E-state index contributed by atoms with van der Waals surface area (Å²) < 4.78 is 47.7. The van der Waals surface area contributed by atoms with Gasteiger partial charge >= 0.3 is 0 Å². The maximum absolute atomic E-state index is 11.6. The predicted octanol–water partition coefficient (Wildman–Crippen LogP) is -1.56. The molecule has 1 aliphatic heterocycles. The van der Waals surface area contributed by atoms with Crippen molar-refractivity contribution in [2.24, 2.45) is 5.73 Å². The number of sulfone groups is 1. The van der Waals surface area contributed by atoms with Crippen LogP contribution in [0.2, 0.25) is 0 Å². The van der Waals surface area contributed by atoms with Crippen LogP contribution in [-0.4, -0.2) is 46.7 Å². The highest BCUT2D eigenvalue weighted by atomic mass is 32.2. The molecule has 0 unspecified atom stereocenters. The van der Waals surface area contributed by atoms with Crippen LogP contribution in [0.25, 0.3) is 0 Å². The average molecular weight is 256 g/mol. The summed E-state index contributed by atoms with van der Waals surface area (Å²) >= 11 is 0. The SMILES string of the molecule is NCCNS(=O)(=O)C1CCS(=O)(=O)CC1. The molecular formula is C7H16N2O4S2. The fourth-order valence-electron chi connectivity index (χ4n) is 1.50. The molecule has 90 valence electrons. The number of hydrogen-bond acceptors (Lipinski definition) is 5. The van der Waals surface area contributed by atoms with Gasteiger partial charge in [-0.1, -0.05) is 0 Å². The molecule has 0 bridgehead atoms. The first-order valence-corrected chi connectivity index (χ1v) is 8.13. The lowest BCUT2D eigenvalue weighted by Crippen LogP contribution is -2.41. The van der Waals surface area contributed by atoms with E-state index in [4.69, 9.17) is 5.73 Å². The maximum Gasteiger partial charge on any atom is 0.214 e. The van der Waals surface area contributed by atoms with Crippen LogP contribution in [0.3, 0.4) is 0 Å². The molecule has 8 heteroatoms. The molecule has 1 saturated heterocycles. The van der Waals surface area contributed by atoms with Crippen molar-refractivity contribution in [1.29, 1.82) is 0 Å². The van der Waals surface area contributed by atoms with Gasteiger partial charge in [-0.05, 0) is 12.8 Å². The van der Waals surface area contributed by atoms with E-state index in [1.54, 1.807) is 0 Å². The van der Waals surface area contributed by atoms with Crippen LogP contribution < -0.4 is 10.5 Å². The molecular weight excluding hydrogens is 240 g/mol. The molecule has 3 N–H and O–H groups in total. The van der Waals surface area contributed by atoms with Gasteiger partial charge < -0.3 is 5.73 Å². The quantitative estimate of drug-likeness (QED) is 0.633. The lowest BCUT2D eigenvalue weighted by Gasteiger charge is -2.22. The summed E-state index contributed by atoms with van der Waals surface area (Å²) in [5.74, 6) is -0.0809. The molecule has 0 radical (unpaired) electrons. The van der Waals surface area contributed by atoms with Crippen LogP contribution in [0.4, 0.5) is 0 Å². The standard InChI is InChI=1S/C7H16N2O4S2/c8-3-4-9-15(12,13)7-1-5-14(10,11)6-2-7/h7,9H,1-6,8H2. The number of rotatable bonds is 4. The summed E-state index contributed by atoms with van der Waals surface area (Å²) in [7, 11) is -6.40. The molecule has 0 aromatic carbocycles. The smallest absolute Gasteiger partial charge is 0.214 e. The molecule has 1 aliphatic rings. The minimum absolute atomic E-state index is 0.0405. The van der Waals surface area contributed by atoms with Crippen LogP contribution in [0.5, 0.6) is 0 Å². The first-order chi connectivity index (χ1) is 6.87. The predicted molar refractivity (Wildman–Crippen MR) is 57.7 cm³/mol. The summed E-state index contributed by atoms with van der Waals surface area (Å²) in [6.45, 7) is 0.440. The minimum Gasteiger partial charge on any atom is -0.329 e. The van der Waals surface area contributed by atoms with Crippen LogP contribution in [0, 0.1) is 0 Å². The van der Waals surface area contributed by atoms with Gasteiger partial charge in [0.05, 0.1) is 16.8 Å². The largest absolute Gasteiger partial charge is 0.329 e. The molecule has 0 saturated carbocycles. The van der Waals surface area contributed by atoms with Crippen molar-refractivity contribution < 1.29 is 16.8 Å². The Bertz CT molecular complexity index is 387. The van der Waals surface area contributed by atoms with Crippen LogP contribution in [0.15, 0.2) is 0 Å². The van der Waals surface area contributed by atoms with Crippen molar-refractivity contribution >= 4 is 19.9 Å². The van der Waals surface area contributed by atoms with Gasteiger partial charge in [-0.3, -0.25) is 0 Å². The number of sulfonamides is 1. The lowest BCUT2D eigenvalue weighted by molar-refractivity contribution is 0.543. The van der Waals surface area contributed by atoms with Crippen molar-refractivity contribution in [1.82, 2.24) is 4.72 Å². The van der Waals surface area contributed by atoms with E-state index in [9.17, 15) is 16.8 Å². The van der Waals surface area contributed by atoms with E-state index < -0.39 is 25.1 Å². The van der Waals surface area contributed by atoms with Gasteiger partial charge in [-0.2, -0.15) is 0 Å². The van der Waals surface area contributed by atoms with Crippen LogP contribution in [-0.2, 0) is 19.9 Å². The summed E-state index contributed by atoms with van der Waals surface area (Å²) in [5, 5.41) is -0.590. The number of hydrogen-bond donors (Lipinski definition) is 2. The Morgan fingerprint density at radius 2 is 1.80 bits per heavy atom. The van der Waals surface area contributed by atoms with Gasteiger partial charge in [0.15, 0.2) is 0 Å². The summed E-state index contributed by atoms with van der Waals surface area (Å²) in [5.41, 5.74) is 5.19. The summed E-state index contributed by atoms with van der Waals surface area (Å²) in [6, 6.07) is 0. The number of nitrogens with two attached hydrogens (primary N) is 1. The van der Waals surface area contributed by atoms with E-state index in [-0.39, 0.29) is 37.4 Å². The van der Waals surface area contributed by atoms with Gasteiger partial charge in [-0.25, -0.2) is 21.6 Å². The van der Waals surface area contributed by atoms with Crippen molar-refractivity contribution in [3.05, 3.63) is 0 Å². The molecule has 0 spiro atoms. The van der Waals surface area contributed by atoms with Gasteiger partial charge in [0.25, 0.3) is 0 Å². The number of nitrogens with one attached hydrogen (secondary N) is 1. The molecule has 1 rings (SSSR count). The third-order valence-electron chi connectivity index (χ3n) is 2.39. The van der Waals surface area contributed by atoms with Gasteiger partial charge in [-0.15, -0.1) is 0 Å².